The molecule has 2 aliphatic heterocycles. The smallest absolute Gasteiger partial charge is 0.230 e. The Kier molecular flexibility index (Phi) is 6.74. The minimum absolute atomic E-state index is 0.521. The predicted octanol–water partition coefficient (Wildman–Crippen LogP) is 4.84. The van der Waals surface area contributed by atoms with E-state index >= 15 is 0 Å². The van der Waals surface area contributed by atoms with E-state index in [-0.39, 0.29) is 0 Å². The lowest BCUT2D eigenvalue weighted by Crippen LogP contribution is -2.36. The Morgan fingerprint density at radius 3 is 2.59 bits per heavy atom. The van der Waals surface area contributed by atoms with Crippen molar-refractivity contribution in [2.45, 2.75) is 26.3 Å². The molecule has 0 atom stereocenters. The van der Waals surface area contributed by atoms with Crippen LogP contribution in [0.1, 0.15) is 23.6 Å². The first kappa shape index (κ1) is 22.7. The number of rotatable bonds is 7. The molecule has 0 radical (unpaired) electrons. The number of benzene rings is 2. The number of anilines is 4. The lowest BCUT2D eigenvalue weighted by molar-refractivity contribution is 0.122. The van der Waals surface area contributed by atoms with Crippen LogP contribution >= 0.6 is 11.6 Å². The van der Waals surface area contributed by atoms with E-state index in [9.17, 15) is 0 Å². The Hall–Kier alpha value is -3.03. The minimum Gasteiger partial charge on any atom is -0.497 e. The van der Waals surface area contributed by atoms with Crippen LogP contribution in [0.4, 0.5) is 23.1 Å². The molecular formula is C26H30ClN5O2. The standard InChI is InChI=1S/C26H30ClN5O2/c1-3-19-16-20(31-12-14-34-15-13-31)6-9-23(19)28-26-29-24(27)22-10-11-32(25(22)30-26)17-18-4-7-21(33-2)8-5-18/h4-9,16H,3,10-15,17H2,1-2H3,(H,28,29,30). The Bertz CT molecular complexity index is 1150. The number of aromatic nitrogens is 2. The van der Waals surface area contributed by atoms with Crippen molar-refractivity contribution in [3.05, 3.63) is 64.3 Å². The molecular weight excluding hydrogens is 450 g/mol. The van der Waals surface area contributed by atoms with Crippen molar-refractivity contribution >= 4 is 34.7 Å². The van der Waals surface area contributed by atoms with Crippen LogP contribution in [0.15, 0.2) is 42.5 Å². The number of nitrogens with zero attached hydrogens (tertiary/aromatic N) is 4. The van der Waals surface area contributed by atoms with E-state index in [0.29, 0.717) is 11.1 Å². The summed E-state index contributed by atoms with van der Waals surface area (Å²) in [4.78, 5) is 14.1. The van der Waals surface area contributed by atoms with Gasteiger partial charge in [0, 0.05) is 43.1 Å². The van der Waals surface area contributed by atoms with Gasteiger partial charge >= 0.3 is 0 Å². The zero-order valence-electron chi connectivity index (χ0n) is 19.7. The lowest BCUT2D eigenvalue weighted by atomic mass is 10.1. The molecule has 3 heterocycles. The molecule has 1 N–H and O–H groups in total. The zero-order chi connectivity index (χ0) is 23.5. The van der Waals surface area contributed by atoms with Gasteiger partial charge in [0.05, 0.1) is 20.3 Å². The van der Waals surface area contributed by atoms with Gasteiger partial charge in [0.2, 0.25) is 5.95 Å². The second-order valence-electron chi connectivity index (χ2n) is 8.58. The molecule has 34 heavy (non-hydrogen) atoms. The highest BCUT2D eigenvalue weighted by Crippen LogP contribution is 2.34. The van der Waals surface area contributed by atoms with Crippen molar-refractivity contribution in [2.24, 2.45) is 0 Å². The first-order chi connectivity index (χ1) is 16.6. The van der Waals surface area contributed by atoms with Crippen LogP contribution < -0.4 is 19.9 Å². The van der Waals surface area contributed by atoms with E-state index in [1.165, 1.54) is 16.8 Å². The molecule has 2 aliphatic rings. The fourth-order valence-electron chi connectivity index (χ4n) is 4.57. The van der Waals surface area contributed by atoms with Gasteiger partial charge in [-0.05, 0) is 54.3 Å². The maximum Gasteiger partial charge on any atom is 0.230 e. The van der Waals surface area contributed by atoms with Crippen LogP contribution in [0, 0.1) is 0 Å². The summed E-state index contributed by atoms with van der Waals surface area (Å²) in [5, 5.41) is 3.95. The monoisotopic (exact) mass is 479 g/mol. The fourth-order valence-corrected chi connectivity index (χ4v) is 4.83. The average molecular weight is 480 g/mol. The van der Waals surface area contributed by atoms with E-state index in [2.05, 4.69) is 57.4 Å². The van der Waals surface area contributed by atoms with Gasteiger partial charge in [-0.25, -0.2) is 4.98 Å². The molecule has 0 amide bonds. The third kappa shape index (κ3) is 4.76. The van der Waals surface area contributed by atoms with Crippen LogP contribution in [0.3, 0.4) is 0 Å². The maximum absolute atomic E-state index is 6.60. The highest BCUT2D eigenvalue weighted by molar-refractivity contribution is 6.30. The molecule has 5 rings (SSSR count). The predicted molar refractivity (Wildman–Crippen MR) is 137 cm³/mol. The fraction of sp³-hybridized carbons (Fsp3) is 0.385. The van der Waals surface area contributed by atoms with Gasteiger partial charge in [0.15, 0.2) is 0 Å². The van der Waals surface area contributed by atoms with Gasteiger partial charge in [0.25, 0.3) is 0 Å². The molecule has 0 unspecified atom stereocenters. The minimum atomic E-state index is 0.521. The van der Waals surface area contributed by atoms with Crippen LogP contribution in [0.2, 0.25) is 5.15 Å². The van der Waals surface area contributed by atoms with Gasteiger partial charge in [-0.3, -0.25) is 0 Å². The topological polar surface area (TPSA) is 62.8 Å². The highest BCUT2D eigenvalue weighted by atomic mass is 35.5. The van der Waals surface area contributed by atoms with Gasteiger partial charge in [-0.1, -0.05) is 30.7 Å². The van der Waals surface area contributed by atoms with E-state index in [1.807, 2.05) is 12.1 Å². The number of hydrogen-bond acceptors (Lipinski definition) is 7. The molecule has 8 heteroatoms. The Labute approximate surface area is 205 Å². The zero-order valence-corrected chi connectivity index (χ0v) is 20.4. The van der Waals surface area contributed by atoms with Gasteiger partial charge in [-0.15, -0.1) is 0 Å². The molecule has 0 aliphatic carbocycles. The summed E-state index contributed by atoms with van der Waals surface area (Å²) in [7, 11) is 1.68. The summed E-state index contributed by atoms with van der Waals surface area (Å²) in [6.07, 6.45) is 1.75. The summed E-state index contributed by atoms with van der Waals surface area (Å²) in [5.41, 5.74) is 5.67. The van der Waals surface area contributed by atoms with Gasteiger partial charge < -0.3 is 24.6 Å². The van der Waals surface area contributed by atoms with Crippen LogP contribution in [-0.4, -0.2) is 49.9 Å². The number of hydrogen-bond donors (Lipinski definition) is 1. The van der Waals surface area contributed by atoms with E-state index < -0.39 is 0 Å². The van der Waals surface area contributed by atoms with Crippen molar-refractivity contribution in [1.82, 2.24) is 9.97 Å². The summed E-state index contributed by atoms with van der Waals surface area (Å²) in [6, 6.07) is 14.7. The summed E-state index contributed by atoms with van der Waals surface area (Å²) >= 11 is 6.60. The van der Waals surface area contributed by atoms with Crippen LogP contribution in [0.25, 0.3) is 0 Å². The maximum atomic E-state index is 6.60. The Balaban J connectivity index is 1.37. The molecule has 1 saturated heterocycles. The van der Waals surface area contributed by atoms with E-state index in [0.717, 1.165) is 75.1 Å². The summed E-state index contributed by atoms with van der Waals surface area (Å²) < 4.78 is 10.8. The largest absolute Gasteiger partial charge is 0.497 e. The lowest BCUT2D eigenvalue weighted by Gasteiger charge is -2.29. The van der Waals surface area contributed by atoms with Crippen molar-refractivity contribution in [2.75, 3.05) is 55.1 Å². The Morgan fingerprint density at radius 1 is 1.06 bits per heavy atom. The number of ether oxygens (including phenoxy) is 2. The summed E-state index contributed by atoms with van der Waals surface area (Å²) in [6.45, 7) is 7.18. The third-order valence-corrected chi connectivity index (χ3v) is 6.80. The Morgan fingerprint density at radius 2 is 1.85 bits per heavy atom. The number of fused-ring (bicyclic) bond motifs is 1. The highest BCUT2D eigenvalue weighted by Gasteiger charge is 2.25. The molecule has 3 aromatic rings. The van der Waals surface area contributed by atoms with E-state index in [4.69, 9.17) is 26.1 Å². The molecule has 178 valence electrons. The van der Waals surface area contributed by atoms with Crippen molar-refractivity contribution in [3.8, 4) is 5.75 Å². The number of morpholine rings is 1. The molecule has 0 saturated carbocycles. The van der Waals surface area contributed by atoms with Gasteiger partial charge in [-0.2, -0.15) is 4.98 Å². The van der Waals surface area contributed by atoms with Gasteiger partial charge in [0.1, 0.15) is 16.7 Å². The first-order valence-corrected chi connectivity index (χ1v) is 12.2. The van der Waals surface area contributed by atoms with E-state index in [1.54, 1.807) is 7.11 Å². The second kappa shape index (κ2) is 10.1. The third-order valence-electron chi connectivity index (χ3n) is 6.49. The molecule has 0 bridgehead atoms. The number of methoxy groups -OCH3 is 1. The molecule has 1 aromatic heterocycles. The quantitative estimate of drug-likeness (QED) is 0.486. The molecule has 2 aromatic carbocycles. The van der Waals surface area contributed by atoms with Crippen molar-refractivity contribution in [1.29, 1.82) is 0 Å². The van der Waals surface area contributed by atoms with Crippen LogP contribution in [0.5, 0.6) is 5.75 Å². The van der Waals surface area contributed by atoms with Crippen molar-refractivity contribution in [3.63, 3.8) is 0 Å². The number of nitrogens with one attached hydrogen (secondary N) is 1. The number of aryl methyl sites for hydroxylation is 1. The second-order valence-corrected chi connectivity index (χ2v) is 8.94. The first-order valence-electron chi connectivity index (χ1n) is 11.8. The van der Waals surface area contributed by atoms with Crippen LogP contribution in [-0.2, 0) is 24.1 Å². The molecule has 0 spiro atoms. The molecule has 7 nitrogen and oxygen atoms in total. The molecule has 1 fully saturated rings. The van der Waals surface area contributed by atoms with Crippen molar-refractivity contribution < 1.29 is 9.47 Å². The average Bonchev–Trinajstić information content (AvgIpc) is 3.28. The number of halogens is 1. The normalized spacial score (nSPS) is 15.4. The SMILES string of the molecule is CCc1cc(N2CCOCC2)ccc1Nc1nc(Cl)c2c(n1)N(Cc1ccc(OC)cc1)CC2. The summed E-state index contributed by atoms with van der Waals surface area (Å²) in [5.74, 6) is 2.29.